The molecule has 0 radical (unpaired) electrons. The summed E-state index contributed by atoms with van der Waals surface area (Å²) in [6, 6.07) is 7.72. The standard InChI is InChI=1S/C14H12F3NO2S/c1-18(9-10-2-4-11(15)5-3-10)21(19,20)12-6-7-13(16)14(17)8-12/h2-8H,9H2,1H3. The van der Waals surface area contributed by atoms with Crippen LogP contribution in [0.4, 0.5) is 13.2 Å². The van der Waals surface area contributed by atoms with E-state index >= 15 is 0 Å². The lowest BCUT2D eigenvalue weighted by atomic mass is 10.2. The van der Waals surface area contributed by atoms with Gasteiger partial charge in [-0.1, -0.05) is 12.1 Å². The number of benzene rings is 2. The Bertz CT molecular complexity index is 745. The molecule has 0 saturated heterocycles. The van der Waals surface area contributed by atoms with Gasteiger partial charge in [0.25, 0.3) is 0 Å². The first kappa shape index (κ1) is 15.5. The maximum atomic E-state index is 13.1. The summed E-state index contributed by atoms with van der Waals surface area (Å²) in [7, 11) is -2.65. The minimum atomic E-state index is -3.95. The predicted molar refractivity (Wildman–Crippen MR) is 71.4 cm³/mol. The molecule has 0 N–H and O–H groups in total. The fourth-order valence-electron chi connectivity index (χ4n) is 1.75. The molecule has 0 atom stereocenters. The van der Waals surface area contributed by atoms with Crippen molar-refractivity contribution in [3.05, 3.63) is 65.5 Å². The van der Waals surface area contributed by atoms with Crippen molar-refractivity contribution in [2.75, 3.05) is 7.05 Å². The fraction of sp³-hybridized carbons (Fsp3) is 0.143. The van der Waals surface area contributed by atoms with E-state index in [1.165, 1.54) is 31.3 Å². The molecule has 0 bridgehead atoms. The summed E-state index contributed by atoms with van der Waals surface area (Å²) in [6.07, 6.45) is 0. The zero-order valence-corrected chi connectivity index (χ0v) is 11.9. The van der Waals surface area contributed by atoms with Gasteiger partial charge in [-0.3, -0.25) is 0 Å². The van der Waals surface area contributed by atoms with E-state index in [1.54, 1.807) is 0 Å². The molecule has 0 aliphatic heterocycles. The lowest BCUT2D eigenvalue weighted by Crippen LogP contribution is -2.26. The molecule has 0 aromatic heterocycles. The van der Waals surface area contributed by atoms with E-state index in [-0.39, 0.29) is 11.4 Å². The molecular weight excluding hydrogens is 303 g/mol. The molecule has 2 aromatic carbocycles. The summed E-state index contributed by atoms with van der Waals surface area (Å²) < 4.78 is 64.2. The van der Waals surface area contributed by atoms with Gasteiger partial charge in [0, 0.05) is 13.6 Å². The largest absolute Gasteiger partial charge is 0.243 e. The number of sulfonamides is 1. The van der Waals surface area contributed by atoms with Gasteiger partial charge in [0.15, 0.2) is 11.6 Å². The van der Waals surface area contributed by atoms with E-state index < -0.39 is 27.5 Å². The summed E-state index contributed by atoms with van der Waals surface area (Å²) in [6.45, 7) is -0.0123. The van der Waals surface area contributed by atoms with Gasteiger partial charge in [0.05, 0.1) is 4.90 Å². The average Bonchev–Trinajstić information content (AvgIpc) is 2.44. The van der Waals surface area contributed by atoms with Crippen LogP contribution in [0.25, 0.3) is 0 Å². The summed E-state index contributed by atoms with van der Waals surface area (Å²) in [4.78, 5) is -0.342. The number of halogens is 3. The third-order valence-electron chi connectivity index (χ3n) is 2.92. The van der Waals surface area contributed by atoms with E-state index in [2.05, 4.69) is 0 Å². The Labute approximate surface area is 120 Å². The smallest absolute Gasteiger partial charge is 0.207 e. The molecule has 0 fully saturated rings. The first-order valence-electron chi connectivity index (χ1n) is 5.96. The van der Waals surface area contributed by atoms with Gasteiger partial charge in [-0.05, 0) is 35.9 Å². The Hall–Kier alpha value is -1.86. The van der Waals surface area contributed by atoms with Gasteiger partial charge in [-0.25, -0.2) is 21.6 Å². The Kier molecular flexibility index (Phi) is 4.34. The van der Waals surface area contributed by atoms with Crippen LogP contribution in [-0.4, -0.2) is 19.8 Å². The predicted octanol–water partition coefficient (Wildman–Crippen LogP) is 2.92. The van der Waals surface area contributed by atoms with Crippen molar-refractivity contribution in [3.63, 3.8) is 0 Å². The van der Waals surface area contributed by atoms with Crippen molar-refractivity contribution in [1.82, 2.24) is 4.31 Å². The van der Waals surface area contributed by atoms with Crippen LogP contribution in [0.15, 0.2) is 47.4 Å². The first-order chi connectivity index (χ1) is 9.80. The number of rotatable bonds is 4. The van der Waals surface area contributed by atoms with E-state index in [9.17, 15) is 21.6 Å². The van der Waals surface area contributed by atoms with Crippen LogP contribution in [0, 0.1) is 17.5 Å². The van der Waals surface area contributed by atoms with Gasteiger partial charge < -0.3 is 0 Å². The minimum absolute atomic E-state index is 0.0123. The van der Waals surface area contributed by atoms with E-state index in [4.69, 9.17) is 0 Å². The van der Waals surface area contributed by atoms with E-state index in [0.29, 0.717) is 11.6 Å². The Morgan fingerprint density at radius 1 is 0.952 bits per heavy atom. The zero-order chi connectivity index (χ0) is 15.6. The van der Waals surface area contributed by atoms with Crippen molar-refractivity contribution in [3.8, 4) is 0 Å². The van der Waals surface area contributed by atoms with Gasteiger partial charge in [-0.15, -0.1) is 0 Å². The van der Waals surface area contributed by atoms with Crippen LogP contribution in [0.1, 0.15) is 5.56 Å². The third kappa shape index (κ3) is 3.43. The van der Waals surface area contributed by atoms with Crippen molar-refractivity contribution in [2.24, 2.45) is 0 Å². The lowest BCUT2D eigenvalue weighted by Gasteiger charge is -2.17. The first-order valence-corrected chi connectivity index (χ1v) is 7.40. The van der Waals surface area contributed by atoms with Crippen LogP contribution < -0.4 is 0 Å². The highest BCUT2D eigenvalue weighted by molar-refractivity contribution is 7.89. The summed E-state index contributed by atoms with van der Waals surface area (Å²) in [5.74, 6) is -2.77. The van der Waals surface area contributed by atoms with Gasteiger partial charge >= 0.3 is 0 Å². The topological polar surface area (TPSA) is 37.4 Å². The maximum absolute atomic E-state index is 13.1. The van der Waals surface area contributed by atoms with E-state index in [1.807, 2.05) is 0 Å². The highest BCUT2D eigenvalue weighted by Gasteiger charge is 2.22. The van der Waals surface area contributed by atoms with Crippen LogP contribution in [0.2, 0.25) is 0 Å². The molecule has 3 nitrogen and oxygen atoms in total. The van der Waals surface area contributed by atoms with Crippen LogP contribution >= 0.6 is 0 Å². The minimum Gasteiger partial charge on any atom is -0.207 e. The molecule has 7 heteroatoms. The third-order valence-corrected chi connectivity index (χ3v) is 4.72. The SMILES string of the molecule is CN(Cc1ccc(F)cc1)S(=O)(=O)c1ccc(F)c(F)c1. The van der Waals surface area contributed by atoms with Crippen molar-refractivity contribution < 1.29 is 21.6 Å². The lowest BCUT2D eigenvalue weighted by molar-refractivity contribution is 0.463. The average molecular weight is 315 g/mol. The molecule has 0 aliphatic carbocycles. The summed E-state index contributed by atoms with van der Waals surface area (Å²) in [5.41, 5.74) is 0.574. The van der Waals surface area contributed by atoms with Crippen molar-refractivity contribution in [1.29, 1.82) is 0 Å². The molecule has 0 saturated carbocycles. The van der Waals surface area contributed by atoms with Crippen LogP contribution in [-0.2, 0) is 16.6 Å². The van der Waals surface area contributed by atoms with Gasteiger partial charge in [0.2, 0.25) is 10.0 Å². The molecule has 112 valence electrons. The van der Waals surface area contributed by atoms with Gasteiger partial charge in [0.1, 0.15) is 5.82 Å². The fourth-order valence-corrected chi connectivity index (χ4v) is 2.92. The summed E-state index contributed by atoms with van der Waals surface area (Å²) in [5, 5.41) is 0. The highest BCUT2D eigenvalue weighted by Crippen LogP contribution is 2.19. The van der Waals surface area contributed by atoms with Crippen LogP contribution in [0.3, 0.4) is 0 Å². The van der Waals surface area contributed by atoms with Crippen molar-refractivity contribution >= 4 is 10.0 Å². The zero-order valence-electron chi connectivity index (χ0n) is 11.1. The molecular formula is C14H12F3NO2S. The second-order valence-electron chi connectivity index (χ2n) is 4.46. The molecule has 0 aliphatic rings. The molecule has 0 heterocycles. The molecule has 2 aromatic rings. The second-order valence-corrected chi connectivity index (χ2v) is 6.51. The summed E-state index contributed by atoms with van der Waals surface area (Å²) >= 11 is 0. The van der Waals surface area contributed by atoms with E-state index in [0.717, 1.165) is 16.4 Å². The highest BCUT2D eigenvalue weighted by atomic mass is 32.2. The van der Waals surface area contributed by atoms with Gasteiger partial charge in [-0.2, -0.15) is 4.31 Å². The molecule has 0 spiro atoms. The quantitative estimate of drug-likeness (QED) is 0.870. The Morgan fingerprint density at radius 3 is 2.14 bits per heavy atom. The second kappa shape index (κ2) is 5.87. The number of hydrogen-bond donors (Lipinski definition) is 0. The molecule has 0 amide bonds. The molecule has 21 heavy (non-hydrogen) atoms. The van der Waals surface area contributed by atoms with Crippen molar-refractivity contribution in [2.45, 2.75) is 11.4 Å². The molecule has 2 rings (SSSR count). The monoisotopic (exact) mass is 315 g/mol. The Morgan fingerprint density at radius 2 is 1.57 bits per heavy atom. The Balaban J connectivity index is 2.25. The number of hydrogen-bond acceptors (Lipinski definition) is 2. The number of nitrogens with zero attached hydrogens (tertiary/aromatic N) is 1. The van der Waals surface area contributed by atoms with Crippen LogP contribution in [0.5, 0.6) is 0 Å². The normalized spacial score (nSPS) is 11.9. The molecule has 0 unspecified atom stereocenters. The maximum Gasteiger partial charge on any atom is 0.243 e.